The van der Waals surface area contributed by atoms with Crippen LogP contribution in [0, 0.1) is 19.0 Å². The van der Waals surface area contributed by atoms with Crippen LogP contribution in [-0.2, 0) is 20.1 Å². The van der Waals surface area contributed by atoms with Crippen LogP contribution < -0.4 is 9.55 Å². The van der Waals surface area contributed by atoms with Crippen molar-refractivity contribution in [3.05, 3.63) is 216 Å². The van der Waals surface area contributed by atoms with Crippen LogP contribution in [0.25, 0.3) is 100 Å². The van der Waals surface area contributed by atoms with Gasteiger partial charge >= 0.3 is 20.1 Å². The smallest absolute Gasteiger partial charge is 0.501 e. The predicted molar refractivity (Wildman–Crippen MR) is 300 cm³/mol. The van der Waals surface area contributed by atoms with Gasteiger partial charge in [0.1, 0.15) is 5.58 Å². The van der Waals surface area contributed by atoms with Crippen molar-refractivity contribution >= 4 is 54.8 Å². The molecule has 3 heterocycles. The molecule has 0 atom stereocenters. The molecule has 362 valence electrons. The van der Waals surface area contributed by atoms with E-state index in [4.69, 9.17) is 18.5 Å². The zero-order chi connectivity index (χ0) is 52.3. The van der Waals surface area contributed by atoms with Gasteiger partial charge in [-0.3, -0.25) is 9.97 Å². The molecule has 12 rings (SSSR count). The standard InChI is InChI=1S/C42H35N2O.C25H25N2.Ir/c1-25(2)34-22-31(28-12-7-6-8-13-28)23-35(26(3)4)40(34)44-38-17-10-9-16-37(38)43-42(44)33-15-11-14-32-36-21-29-19-18-27(5)20-30(29)24-39(36)45-41(32)33;1-17(2)20-13-10-14-21(18(3)4)24(20)27-23-16-9-8-15-22(23)26-25(27)19-11-6-5-7-12-19;/h6-14,16-26H,1-5H3;5-11,13-18H,1-4H3;/q2*-1;+3/i5D3;;. The average Bonchev–Trinajstić information content (AvgIpc) is 4.15. The normalized spacial score (nSPS) is 12.5. The maximum absolute atomic E-state index is 7.89. The zero-order valence-corrected chi connectivity index (χ0v) is 45.0. The fourth-order valence-electron chi connectivity index (χ4n) is 10.4. The summed E-state index contributed by atoms with van der Waals surface area (Å²) < 4.78 is 35.0. The number of aromatic nitrogens is 4. The Kier molecular flexibility index (Phi) is 12.6. The van der Waals surface area contributed by atoms with Crippen molar-refractivity contribution in [1.29, 1.82) is 0 Å². The Hall–Kier alpha value is -7.37. The summed E-state index contributed by atoms with van der Waals surface area (Å²) in [5, 5.41) is 3.72. The summed E-state index contributed by atoms with van der Waals surface area (Å²) in [5.41, 5.74) is 17.6. The third-order valence-electron chi connectivity index (χ3n) is 14.0. The number of nitrogens with zero attached hydrogens (tertiary/aromatic N) is 4. The van der Waals surface area contributed by atoms with Gasteiger partial charge < -0.3 is 13.6 Å². The molecular weight excluding hydrogens is 1070 g/mol. The summed E-state index contributed by atoms with van der Waals surface area (Å²) >= 11 is 0. The van der Waals surface area contributed by atoms with Gasteiger partial charge in [-0.2, -0.15) is 0 Å². The number of aryl methyl sites for hydroxylation is 1. The molecule has 12 aromatic rings. The van der Waals surface area contributed by atoms with Gasteiger partial charge in [0, 0.05) is 20.9 Å². The van der Waals surface area contributed by atoms with Crippen LogP contribution in [0.2, 0.25) is 0 Å². The van der Waals surface area contributed by atoms with Gasteiger partial charge in [0.05, 0.1) is 39.3 Å². The summed E-state index contributed by atoms with van der Waals surface area (Å²) in [7, 11) is 0. The van der Waals surface area contributed by atoms with Gasteiger partial charge in [0.25, 0.3) is 0 Å². The fourth-order valence-corrected chi connectivity index (χ4v) is 10.4. The molecule has 9 aromatic carbocycles. The van der Waals surface area contributed by atoms with E-state index in [1.807, 2.05) is 48.5 Å². The van der Waals surface area contributed by atoms with Gasteiger partial charge in [-0.05, 0) is 123 Å². The van der Waals surface area contributed by atoms with Crippen molar-refractivity contribution in [3.63, 3.8) is 0 Å². The van der Waals surface area contributed by atoms with Crippen LogP contribution in [0.4, 0.5) is 0 Å². The molecule has 0 radical (unpaired) electrons. The van der Waals surface area contributed by atoms with E-state index in [1.165, 1.54) is 39.1 Å². The van der Waals surface area contributed by atoms with E-state index in [9.17, 15) is 0 Å². The molecule has 0 unspecified atom stereocenters. The Morgan fingerprint density at radius 2 is 1.27 bits per heavy atom. The molecular formula is C67H60IrN4O+. The van der Waals surface area contributed by atoms with Crippen molar-refractivity contribution < 1.29 is 33.2 Å². The second-order valence-corrected chi connectivity index (χ2v) is 20.2. The number of para-hydroxylation sites is 5. The van der Waals surface area contributed by atoms with E-state index in [0.717, 1.165) is 72.1 Å². The van der Waals surface area contributed by atoms with Gasteiger partial charge in [0.15, 0.2) is 0 Å². The zero-order valence-electron chi connectivity index (χ0n) is 45.6. The Bertz CT molecular complexity index is 4020. The minimum Gasteiger partial charge on any atom is -0.501 e. The summed E-state index contributed by atoms with van der Waals surface area (Å²) in [6, 6.07) is 66.9. The molecule has 0 aliphatic carbocycles. The molecule has 0 aliphatic heterocycles. The molecule has 0 spiro atoms. The first kappa shape index (κ1) is 45.5. The van der Waals surface area contributed by atoms with Gasteiger partial charge in [-0.25, -0.2) is 0 Å². The maximum atomic E-state index is 7.89. The predicted octanol–water partition coefficient (Wildman–Crippen LogP) is 17.6. The number of hydrogen-bond acceptors (Lipinski definition) is 2. The second kappa shape index (κ2) is 20.3. The molecule has 5 nitrogen and oxygen atoms in total. The number of hydrogen-bond donors (Lipinski definition) is 0. The maximum Gasteiger partial charge on any atom is 3.00 e. The van der Waals surface area contributed by atoms with Gasteiger partial charge in [-0.15, -0.1) is 54.1 Å². The second-order valence-electron chi connectivity index (χ2n) is 20.2. The molecule has 73 heavy (non-hydrogen) atoms. The van der Waals surface area contributed by atoms with Gasteiger partial charge in [0.2, 0.25) is 0 Å². The van der Waals surface area contributed by atoms with E-state index >= 15 is 0 Å². The molecule has 0 bridgehead atoms. The number of rotatable bonds is 9. The number of benzene rings is 9. The molecule has 0 fully saturated rings. The van der Waals surface area contributed by atoms with E-state index in [0.29, 0.717) is 28.6 Å². The molecule has 0 saturated heterocycles. The van der Waals surface area contributed by atoms with Gasteiger partial charge in [-0.1, -0.05) is 163 Å². The van der Waals surface area contributed by atoms with Crippen molar-refractivity contribution in [2.45, 2.75) is 85.9 Å². The first-order valence-corrected chi connectivity index (χ1v) is 25.3. The van der Waals surface area contributed by atoms with E-state index < -0.39 is 6.85 Å². The summed E-state index contributed by atoms with van der Waals surface area (Å²) in [6.45, 7) is 15.9. The van der Waals surface area contributed by atoms with Crippen molar-refractivity contribution in [2.24, 2.45) is 0 Å². The molecule has 0 amide bonds. The number of imidazole rings is 2. The SMILES string of the molecule is CC(C)c1cccc(C(C)C)c1-n1c(-c2[c-]cccc2)nc2ccccc21.[2H]C([2H])([2H])c1ccc2cc3c(cc2c1)oc1c(-c2[n-]c4ccccc4[n+]2-c2c(C(C)C)cc(-c4ccccc4)cc2C(C)C)[c-]ccc13.[Ir+3]. The minimum absolute atomic E-state index is 0. The van der Waals surface area contributed by atoms with Crippen molar-refractivity contribution in [3.8, 4) is 45.3 Å². The summed E-state index contributed by atoms with van der Waals surface area (Å²) in [4.78, 5) is 10.3. The number of fused-ring (bicyclic) bond motifs is 6. The molecule has 0 N–H and O–H groups in total. The van der Waals surface area contributed by atoms with Crippen molar-refractivity contribution in [2.75, 3.05) is 0 Å². The largest absolute Gasteiger partial charge is 3.00 e. The van der Waals surface area contributed by atoms with E-state index in [-0.39, 0.29) is 31.9 Å². The third-order valence-corrected chi connectivity index (χ3v) is 14.0. The minimum atomic E-state index is -2.18. The molecule has 3 aromatic heterocycles. The Labute approximate surface area is 447 Å². The Morgan fingerprint density at radius 1 is 0.589 bits per heavy atom. The third kappa shape index (κ3) is 9.02. The van der Waals surface area contributed by atoms with Crippen LogP contribution in [-0.4, -0.2) is 9.55 Å². The first-order chi connectivity index (χ1) is 36.2. The molecule has 0 saturated carbocycles. The molecule has 6 heteroatoms. The Morgan fingerprint density at radius 3 is 1.97 bits per heavy atom. The number of furan rings is 1. The van der Waals surface area contributed by atoms with Crippen LogP contribution in [0.5, 0.6) is 0 Å². The van der Waals surface area contributed by atoms with Crippen molar-refractivity contribution in [1.82, 2.24) is 14.5 Å². The van der Waals surface area contributed by atoms with E-state index in [2.05, 4.69) is 192 Å². The van der Waals surface area contributed by atoms with Crippen LogP contribution in [0.3, 0.4) is 0 Å². The van der Waals surface area contributed by atoms with Crippen LogP contribution >= 0.6 is 0 Å². The van der Waals surface area contributed by atoms with E-state index in [1.54, 1.807) is 12.1 Å². The quantitative estimate of drug-likeness (QED) is 0.107. The Balaban J connectivity index is 0.000000199. The summed E-state index contributed by atoms with van der Waals surface area (Å²) in [6.07, 6.45) is 0. The topological polar surface area (TPSA) is 48.9 Å². The first-order valence-electron chi connectivity index (χ1n) is 26.8. The summed E-state index contributed by atoms with van der Waals surface area (Å²) in [5.74, 6) is 3.06. The fraction of sp³-hybridized carbons (Fsp3) is 0.194. The van der Waals surface area contributed by atoms with Crippen LogP contribution in [0.15, 0.2) is 180 Å². The molecule has 0 aliphatic rings. The monoisotopic (exact) mass is 1130 g/mol. The van der Waals surface area contributed by atoms with Crippen LogP contribution in [0.1, 0.15) is 111 Å². The average molecular weight is 1130 g/mol.